The molecule has 1 aliphatic rings. The summed E-state index contributed by atoms with van der Waals surface area (Å²) in [4.78, 5) is 22.7. The van der Waals surface area contributed by atoms with Gasteiger partial charge in [0.15, 0.2) is 0 Å². The van der Waals surface area contributed by atoms with Gasteiger partial charge in [-0.25, -0.2) is 9.97 Å². The molecule has 3 rings (SSSR count). The third kappa shape index (κ3) is 5.26. The molecule has 0 radical (unpaired) electrons. The van der Waals surface area contributed by atoms with Crippen LogP contribution in [0.2, 0.25) is 0 Å². The summed E-state index contributed by atoms with van der Waals surface area (Å²) in [5.41, 5.74) is 1.26. The molecule has 6 nitrogen and oxygen atoms in total. The maximum absolute atomic E-state index is 12.1. The van der Waals surface area contributed by atoms with Gasteiger partial charge in [-0.3, -0.25) is 4.79 Å². The van der Waals surface area contributed by atoms with Crippen molar-refractivity contribution in [2.75, 3.05) is 32.0 Å². The zero-order chi connectivity index (χ0) is 18.2. The largest absolute Gasteiger partial charge is 0.341 e. The van der Waals surface area contributed by atoms with E-state index in [0.717, 1.165) is 44.0 Å². The smallest absolute Gasteiger partial charge is 0.236 e. The Kier molecular flexibility index (Phi) is 6.55. The number of likely N-dealkylation sites (tertiary alicyclic amines) is 1. The quantitative estimate of drug-likeness (QED) is 0.801. The Morgan fingerprint density at radius 1 is 1.23 bits per heavy atom. The fourth-order valence-electron chi connectivity index (χ4n) is 3.43. The van der Waals surface area contributed by atoms with Crippen LogP contribution < -0.4 is 10.6 Å². The molecular weight excluding hydrogens is 326 g/mol. The molecule has 2 aromatic heterocycles. The molecule has 1 atom stereocenters. The number of hydrogen-bond donors (Lipinski definition) is 2. The van der Waals surface area contributed by atoms with E-state index in [0.29, 0.717) is 12.5 Å². The number of piperidine rings is 1. The molecule has 138 valence electrons. The molecule has 1 aliphatic heterocycles. The van der Waals surface area contributed by atoms with E-state index in [4.69, 9.17) is 0 Å². The lowest BCUT2D eigenvalue weighted by Crippen LogP contribution is -2.43. The van der Waals surface area contributed by atoms with E-state index in [9.17, 15) is 4.79 Å². The number of anilines is 2. The number of nitrogens with zero attached hydrogens (tertiary/aromatic N) is 3. The van der Waals surface area contributed by atoms with Gasteiger partial charge in [0, 0.05) is 25.5 Å². The van der Waals surface area contributed by atoms with Crippen molar-refractivity contribution < 1.29 is 4.79 Å². The second-order valence-electron chi connectivity index (χ2n) is 6.81. The SMILES string of the molecule is CNCC(=O)N1CCCC(CCc2ccnc(Nc3ccccn3)c2)C1. The van der Waals surface area contributed by atoms with Gasteiger partial charge in [0.1, 0.15) is 11.6 Å². The molecule has 0 aliphatic carbocycles. The number of carbonyl (C=O) groups is 1. The summed E-state index contributed by atoms with van der Waals surface area (Å²) in [6, 6.07) is 9.91. The maximum atomic E-state index is 12.1. The minimum atomic E-state index is 0.211. The monoisotopic (exact) mass is 353 g/mol. The average molecular weight is 353 g/mol. The number of pyridine rings is 2. The summed E-state index contributed by atoms with van der Waals surface area (Å²) in [6.45, 7) is 2.20. The van der Waals surface area contributed by atoms with E-state index in [-0.39, 0.29) is 5.91 Å². The molecule has 0 aromatic carbocycles. The first-order valence-electron chi connectivity index (χ1n) is 9.30. The number of rotatable bonds is 7. The van der Waals surface area contributed by atoms with Crippen LogP contribution in [0.15, 0.2) is 42.7 Å². The van der Waals surface area contributed by atoms with Crippen LogP contribution in [0.3, 0.4) is 0 Å². The third-order valence-corrected chi connectivity index (χ3v) is 4.79. The minimum Gasteiger partial charge on any atom is -0.341 e. The Morgan fingerprint density at radius 2 is 2.12 bits per heavy atom. The molecule has 0 saturated carbocycles. The number of likely N-dealkylation sites (N-methyl/N-ethyl adjacent to an activating group) is 1. The summed E-state index contributed by atoms with van der Waals surface area (Å²) in [5, 5.41) is 6.19. The Morgan fingerprint density at radius 3 is 2.92 bits per heavy atom. The first-order chi connectivity index (χ1) is 12.7. The number of aromatic nitrogens is 2. The zero-order valence-corrected chi connectivity index (χ0v) is 15.3. The van der Waals surface area contributed by atoms with Crippen LogP contribution in [0, 0.1) is 5.92 Å². The van der Waals surface area contributed by atoms with Crippen LogP contribution in [-0.2, 0) is 11.2 Å². The normalized spacial score (nSPS) is 17.1. The molecule has 1 saturated heterocycles. The van der Waals surface area contributed by atoms with Gasteiger partial charge in [0.05, 0.1) is 6.54 Å². The van der Waals surface area contributed by atoms with Crippen molar-refractivity contribution >= 4 is 17.5 Å². The highest BCUT2D eigenvalue weighted by Crippen LogP contribution is 2.22. The molecule has 2 N–H and O–H groups in total. The minimum absolute atomic E-state index is 0.211. The number of carbonyl (C=O) groups excluding carboxylic acids is 1. The number of hydrogen-bond acceptors (Lipinski definition) is 5. The highest BCUT2D eigenvalue weighted by molar-refractivity contribution is 5.78. The summed E-state index contributed by atoms with van der Waals surface area (Å²) in [6.07, 6.45) is 7.99. The standard InChI is InChI=1S/C20H27N5O/c1-21-14-20(26)25-12-4-5-17(15-25)8-7-16-9-11-23-19(13-16)24-18-6-2-3-10-22-18/h2-3,6,9-11,13,17,21H,4-5,7-8,12,14-15H2,1H3,(H,22,23,24). The lowest BCUT2D eigenvalue weighted by Gasteiger charge is -2.33. The molecular formula is C20H27N5O. The van der Waals surface area contributed by atoms with Crippen molar-refractivity contribution in [3.63, 3.8) is 0 Å². The van der Waals surface area contributed by atoms with E-state index in [2.05, 4.69) is 32.7 Å². The van der Waals surface area contributed by atoms with Gasteiger partial charge in [0.25, 0.3) is 0 Å². The predicted octanol–water partition coefficient (Wildman–Crippen LogP) is 2.61. The lowest BCUT2D eigenvalue weighted by atomic mass is 9.91. The molecule has 0 bridgehead atoms. The van der Waals surface area contributed by atoms with Gasteiger partial charge in [-0.05, 0) is 68.5 Å². The zero-order valence-electron chi connectivity index (χ0n) is 15.3. The average Bonchev–Trinajstić information content (AvgIpc) is 2.68. The van der Waals surface area contributed by atoms with E-state index >= 15 is 0 Å². The first kappa shape index (κ1) is 18.3. The second-order valence-corrected chi connectivity index (χ2v) is 6.81. The van der Waals surface area contributed by atoms with E-state index in [1.165, 1.54) is 12.0 Å². The fourth-order valence-corrected chi connectivity index (χ4v) is 3.43. The van der Waals surface area contributed by atoms with Gasteiger partial charge >= 0.3 is 0 Å². The van der Waals surface area contributed by atoms with Crippen LogP contribution in [0.25, 0.3) is 0 Å². The molecule has 1 fully saturated rings. The van der Waals surface area contributed by atoms with Crippen molar-refractivity contribution in [2.24, 2.45) is 5.92 Å². The topological polar surface area (TPSA) is 70.2 Å². The van der Waals surface area contributed by atoms with Crippen molar-refractivity contribution in [1.82, 2.24) is 20.2 Å². The first-order valence-corrected chi connectivity index (χ1v) is 9.30. The molecule has 1 unspecified atom stereocenters. The van der Waals surface area contributed by atoms with Gasteiger partial charge in [-0.2, -0.15) is 0 Å². The summed E-state index contributed by atoms with van der Waals surface area (Å²) >= 11 is 0. The molecule has 3 heterocycles. The second kappa shape index (κ2) is 9.29. The van der Waals surface area contributed by atoms with Gasteiger partial charge in [-0.15, -0.1) is 0 Å². The Labute approximate surface area is 155 Å². The lowest BCUT2D eigenvalue weighted by molar-refractivity contribution is -0.131. The van der Waals surface area contributed by atoms with Gasteiger partial charge in [-0.1, -0.05) is 6.07 Å². The van der Waals surface area contributed by atoms with Crippen LogP contribution in [-0.4, -0.2) is 47.5 Å². The van der Waals surface area contributed by atoms with Crippen LogP contribution >= 0.6 is 0 Å². The van der Waals surface area contributed by atoms with Gasteiger partial charge < -0.3 is 15.5 Å². The molecule has 26 heavy (non-hydrogen) atoms. The Balaban J connectivity index is 1.53. The number of aryl methyl sites for hydroxylation is 1. The van der Waals surface area contributed by atoms with Crippen molar-refractivity contribution in [3.8, 4) is 0 Å². The van der Waals surface area contributed by atoms with Gasteiger partial charge in [0.2, 0.25) is 5.91 Å². The summed E-state index contributed by atoms with van der Waals surface area (Å²) in [7, 11) is 1.82. The van der Waals surface area contributed by atoms with Crippen LogP contribution in [0.1, 0.15) is 24.8 Å². The Hall–Kier alpha value is -2.47. The van der Waals surface area contributed by atoms with Crippen molar-refractivity contribution in [2.45, 2.75) is 25.7 Å². The summed E-state index contributed by atoms with van der Waals surface area (Å²) < 4.78 is 0. The van der Waals surface area contributed by atoms with Crippen LogP contribution in [0.5, 0.6) is 0 Å². The number of amides is 1. The highest BCUT2D eigenvalue weighted by atomic mass is 16.2. The Bertz CT molecular complexity index is 706. The number of nitrogens with one attached hydrogen (secondary N) is 2. The van der Waals surface area contributed by atoms with E-state index in [1.807, 2.05) is 36.3 Å². The van der Waals surface area contributed by atoms with Crippen molar-refractivity contribution in [3.05, 3.63) is 48.3 Å². The molecule has 1 amide bonds. The van der Waals surface area contributed by atoms with E-state index in [1.54, 1.807) is 6.20 Å². The predicted molar refractivity (Wildman–Crippen MR) is 103 cm³/mol. The van der Waals surface area contributed by atoms with E-state index < -0.39 is 0 Å². The fraction of sp³-hybridized carbons (Fsp3) is 0.450. The maximum Gasteiger partial charge on any atom is 0.236 e. The third-order valence-electron chi connectivity index (χ3n) is 4.79. The van der Waals surface area contributed by atoms with Crippen molar-refractivity contribution in [1.29, 1.82) is 0 Å². The van der Waals surface area contributed by atoms with Crippen LogP contribution in [0.4, 0.5) is 11.6 Å². The highest BCUT2D eigenvalue weighted by Gasteiger charge is 2.22. The molecule has 6 heteroatoms. The molecule has 2 aromatic rings. The summed E-state index contributed by atoms with van der Waals surface area (Å²) in [5.74, 6) is 2.40. The molecule has 0 spiro atoms.